The van der Waals surface area contributed by atoms with Gasteiger partial charge in [0.25, 0.3) is 5.91 Å². The molecule has 2 unspecified atom stereocenters. The molecule has 1 saturated carbocycles. The molecule has 172 valence electrons. The van der Waals surface area contributed by atoms with Crippen LogP contribution in [0.5, 0.6) is 0 Å². The smallest absolute Gasteiger partial charge is 0.261 e. The minimum atomic E-state index is -0.135. The molecule has 2 saturated heterocycles. The third-order valence-corrected chi connectivity index (χ3v) is 8.01. The normalized spacial score (nSPS) is 24.7. The molecule has 6 nitrogen and oxygen atoms in total. The molecule has 0 bridgehead atoms. The van der Waals surface area contributed by atoms with Crippen molar-refractivity contribution in [3.8, 4) is 0 Å². The third kappa shape index (κ3) is 5.67. The van der Waals surface area contributed by atoms with E-state index >= 15 is 0 Å². The average Bonchev–Trinajstić information content (AvgIpc) is 3.19. The zero-order valence-electron chi connectivity index (χ0n) is 18.2. The monoisotopic (exact) mass is 475 g/mol. The minimum Gasteiger partial charge on any atom is -0.354 e. The fraction of sp³-hybridized carbons (Fsp3) is 0.542. The Morgan fingerprint density at radius 1 is 1.22 bits per heavy atom. The Hall–Kier alpha value is -1.99. The highest BCUT2D eigenvalue weighted by molar-refractivity contribution is 8.04. The number of thioether (sulfide) groups is 1. The van der Waals surface area contributed by atoms with E-state index in [4.69, 9.17) is 11.6 Å². The molecule has 1 aliphatic carbocycles. The standard InChI is InChI=1S/C24H30ClN3O3S/c25-18-7-3-6-17(14-18)15-21-24(31)28(19-8-1-2-9-20(19)32-21)16-22(29)26-11-5-13-27-12-4-10-23(27)30/h3,6-7,14-15,19-20H,1-2,4-5,8-13,16H2,(H,26,29)/b21-15+. The summed E-state index contributed by atoms with van der Waals surface area (Å²) in [6, 6.07) is 7.56. The second-order valence-electron chi connectivity index (χ2n) is 8.69. The van der Waals surface area contributed by atoms with Gasteiger partial charge in [0.05, 0.1) is 4.91 Å². The highest BCUT2D eigenvalue weighted by Crippen LogP contribution is 2.42. The number of carbonyl (C=O) groups excluding carboxylic acids is 3. The summed E-state index contributed by atoms with van der Waals surface area (Å²) in [5.74, 6) is -0.00420. The van der Waals surface area contributed by atoms with Crippen molar-refractivity contribution in [3.63, 3.8) is 0 Å². The summed E-state index contributed by atoms with van der Waals surface area (Å²) in [4.78, 5) is 42.0. The van der Waals surface area contributed by atoms with Crippen LogP contribution < -0.4 is 5.32 Å². The fourth-order valence-corrected chi connectivity index (χ4v) is 6.43. The minimum absolute atomic E-state index is 0.0732. The van der Waals surface area contributed by atoms with Gasteiger partial charge in [-0.1, -0.05) is 36.6 Å². The number of carbonyl (C=O) groups is 3. The second kappa shape index (κ2) is 10.8. The van der Waals surface area contributed by atoms with Crippen molar-refractivity contribution >= 4 is 47.2 Å². The average molecular weight is 476 g/mol. The number of hydrogen-bond donors (Lipinski definition) is 1. The van der Waals surface area contributed by atoms with Crippen molar-refractivity contribution in [1.29, 1.82) is 0 Å². The zero-order chi connectivity index (χ0) is 22.5. The maximum atomic E-state index is 13.3. The number of likely N-dealkylation sites (tertiary alicyclic amines) is 1. The van der Waals surface area contributed by atoms with E-state index in [9.17, 15) is 14.4 Å². The first kappa shape index (κ1) is 23.2. The van der Waals surface area contributed by atoms with Crippen LogP contribution in [0.4, 0.5) is 0 Å². The second-order valence-corrected chi connectivity index (χ2v) is 10.4. The molecule has 8 heteroatoms. The first-order valence-electron chi connectivity index (χ1n) is 11.5. The summed E-state index contributed by atoms with van der Waals surface area (Å²) in [5, 5.41) is 3.90. The van der Waals surface area contributed by atoms with Crippen molar-refractivity contribution in [3.05, 3.63) is 39.8 Å². The van der Waals surface area contributed by atoms with Crippen LogP contribution in [-0.4, -0.2) is 65.0 Å². The lowest BCUT2D eigenvalue weighted by Crippen LogP contribution is -2.54. The topological polar surface area (TPSA) is 69.7 Å². The molecule has 3 amide bonds. The molecule has 2 atom stereocenters. The number of nitrogens with zero attached hydrogens (tertiary/aromatic N) is 2. The summed E-state index contributed by atoms with van der Waals surface area (Å²) in [6.45, 7) is 2.09. The lowest BCUT2D eigenvalue weighted by Gasteiger charge is -2.43. The Bertz CT molecular complexity index is 906. The molecule has 4 rings (SSSR count). The van der Waals surface area contributed by atoms with Gasteiger partial charge in [0.2, 0.25) is 11.8 Å². The van der Waals surface area contributed by atoms with Gasteiger partial charge in [-0.2, -0.15) is 0 Å². The number of halogens is 1. The molecule has 1 N–H and O–H groups in total. The van der Waals surface area contributed by atoms with E-state index in [0.717, 1.165) is 50.6 Å². The highest BCUT2D eigenvalue weighted by Gasteiger charge is 2.41. The number of rotatable bonds is 7. The summed E-state index contributed by atoms with van der Waals surface area (Å²) in [7, 11) is 0. The number of hydrogen-bond acceptors (Lipinski definition) is 4. The molecule has 0 radical (unpaired) electrons. The lowest BCUT2D eigenvalue weighted by molar-refractivity contribution is -0.135. The molecule has 3 aliphatic rings. The van der Waals surface area contributed by atoms with Gasteiger partial charge >= 0.3 is 0 Å². The van der Waals surface area contributed by atoms with Crippen molar-refractivity contribution in [2.45, 2.75) is 56.2 Å². The number of fused-ring (bicyclic) bond motifs is 1. The molecule has 0 spiro atoms. The molecular formula is C24H30ClN3O3S. The first-order chi connectivity index (χ1) is 15.5. The Balaban J connectivity index is 1.38. The molecular weight excluding hydrogens is 446 g/mol. The first-order valence-corrected chi connectivity index (χ1v) is 12.8. The maximum absolute atomic E-state index is 13.3. The van der Waals surface area contributed by atoms with E-state index in [0.29, 0.717) is 34.7 Å². The fourth-order valence-electron chi connectivity index (χ4n) is 4.76. The molecule has 2 heterocycles. The van der Waals surface area contributed by atoms with E-state index in [2.05, 4.69) is 5.32 Å². The third-order valence-electron chi connectivity index (χ3n) is 6.38. The van der Waals surface area contributed by atoms with E-state index in [1.807, 2.05) is 35.2 Å². The summed E-state index contributed by atoms with van der Waals surface area (Å²) >= 11 is 7.76. The number of amides is 3. The molecule has 0 aromatic heterocycles. The van der Waals surface area contributed by atoms with Gasteiger partial charge in [-0.15, -0.1) is 11.8 Å². The summed E-state index contributed by atoms with van der Waals surface area (Å²) in [6.07, 6.45) is 8.42. The van der Waals surface area contributed by atoms with Crippen molar-refractivity contribution in [2.75, 3.05) is 26.2 Å². The summed E-state index contributed by atoms with van der Waals surface area (Å²) < 4.78 is 0. The van der Waals surface area contributed by atoms with Gasteiger partial charge in [-0.25, -0.2) is 0 Å². The molecule has 32 heavy (non-hydrogen) atoms. The molecule has 1 aromatic rings. The van der Waals surface area contributed by atoms with Crippen molar-refractivity contribution in [1.82, 2.24) is 15.1 Å². The van der Waals surface area contributed by atoms with Gasteiger partial charge < -0.3 is 15.1 Å². The SMILES string of the molecule is O=C(CN1C(=O)/C(=C\c2cccc(Cl)c2)SC2CCCCC21)NCCCN1CCCC1=O. The van der Waals surface area contributed by atoms with Crippen LogP contribution in [0.1, 0.15) is 50.5 Å². The van der Waals surface area contributed by atoms with E-state index in [1.54, 1.807) is 16.7 Å². The van der Waals surface area contributed by atoms with Crippen molar-refractivity contribution in [2.24, 2.45) is 0 Å². The van der Waals surface area contributed by atoms with E-state index < -0.39 is 0 Å². The summed E-state index contributed by atoms with van der Waals surface area (Å²) in [5.41, 5.74) is 0.892. The zero-order valence-corrected chi connectivity index (χ0v) is 19.8. The predicted molar refractivity (Wildman–Crippen MR) is 128 cm³/mol. The lowest BCUT2D eigenvalue weighted by atomic mass is 9.93. The number of benzene rings is 1. The highest BCUT2D eigenvalue weighted by atomic mass is 35.5. The van der Waals surface area contributed by atoms with Gasteiger partial charge in [0.1, 0.15) is 6.54 Å². The van der Waals surface area contributed by atoms with Gasteiger partial charge in [0.15, 0.2) is 0 Å². The van der Waals surface area contributed by atoms with Gasteiger partial charge in [-0.05, 0) is 49.5 Å². The molecule has 2 aliphatic heterocycles. The maximum Gasteiger partial charge on any atom is 0.261 e. The van der Waals surface area contributed by atoms with Crippen molar-refractivity contribution < 1.29 is 14.4 Å². The van der Waals surface area contributed by atoms with Crippen LogP contribution in [0.15, 0.2) is 29.2 Å². The van der Waals surface area contributed by atoms with E-state index in [1.165, 1.54) is 0 Å². The number of nitrogens with one attached hydrogen (secondary N) is 1. The quantitative estimate of drug-likeness (QED) is 0.482. The predicted octanol–water partition coefficient (Wildman–Crippen LogP) is 3.70. The van der Waals surface area contributed by atoms with Crippen LogP contribution in [0.25, 0.3) is 6.08 Å². The molecule has 3 fully saturated rings. The van der Waals surface area contributed by atoms with Gasteiger partial charge in [-0.3, -0.25) is 14.4 Å². The Labute approximate surface area is 198 Å². The Kier molecular flexibility index (Phi) is 7.79. The van der Waals surface area contributed by atoms with Crippen LogP contribution in [0.2, 0.25) is 5.02 Å². The van der Waals surface area contributed by atoms with Crippen LogP contribution in [0, 0.1) is 0 Å². The van der Waals surface area contributed by atoms with Crippen LogP contribution in [-0.2, 0) is 14.4 Å². The Morgan fingerprint density at radius 2 is 2.06 bits per heavy atom. The van der Waals surface area contributed by atoms with Gasteiger partial charge in [0, 0.05) is 42.4 Å². The van der Waals surface area contributed by atoms with E-state index in [-0.39, 0.29) is 30.3 Å². The van der Waals surface area contributed by atoms with Crippen LogP contribution >= 0.6 is 23.4 Å². The Morgan fingerprint density at radius 3 is 2.84 bits per heavy atom. The largest absolute Gasteiger partial charge is 0.354 e. The molecule has 1 aromatic carbocycles. The van der Waals surface area contributed by atoms with Crippen LogP contribution in [0.3, 0.4) is 0 Å².